The highest BCUT2D eigenvalue weighted by Gasteiger charge is 2.25. The van der Waals surface area contributed by atoms with Crippen molar-refractivity contribution >= 4 is 29.7 Å². The number of hydrogen-bond acceptors (Lipinski definition) is 4. The average molecular weight is 370 g/mol. The minimum absolute atomic E-state index is 0.109. The van der Waals surface area contributed by atoms with Gasteiger partial charge in [0.15, 0.2) is 5.76 Å². The molecule has 2 amide bonds. The van der Waals surface area contributed by atoms with Gasteiger partial charge in [0.2, 0.25) is 5.91 Å². The Hall–Kier alpha value is -2.47. The van der Waals surface area contributed by atoms with E-state index in [1.54, 1.807) is 28.8 Å². The van der Waals surface area contributed by atoms with Crippen LogP contribution in [0.25, 0.3) is 6.08 Å². The first-order chi connectivity index (χ1) is 12.7. The van der Waals surface area contributed by atoms with E-state index in [4.69, 9.17) is 4.42 Å². The Balaban J connectivity index is 1.36. The van der Waals surface area contributed by atoms with Crippen LogP contribution >= 0.6 is 11.8 Å². The lowest BCUT2D eigenvalue weighted by Crippen LogP contribution is -2.51. The van der Waals surface area contributed by atoms with Gasteiger partial charge < -0.3 is 14.2 Å². The zero-order valence-electron chi connectivity index (χ0n) is 14.5. The van der Waals surface area contributed by atoms with E-state index in [9.17, 15) is 9.59 Å². The van der Waals surface area contributed by atoms with Crippen molar-refractivity contribution in [3.8, 4) is 0 Å². The van der Waals surface area contributed by atoms with Crippen molar-refractivity contribution < 1.29 is 14.0 Å². The summed E-state index contributed by atoms with van der Waals surface area (Å²) in [5.41, 5.74) is 1.16. The number of amides is 2. The topological polar surface area (TPSA) is 53.8 Å². The molecule has 1 fully saturated rings. The van der Waals surface area contributed by atoms with E-state index in [1.165, 1.54) is 6.26 Å². The third-order valence-electron chi connectivity index (χ3n) is 4.20. The fourth-order valence-corrected chi connectivity index (χ4v) is 3.48. The number of thioether (sulfide) groups is 1. The first-order valence-corrected chi connectivity index (χ1v) is 9.79. The van der Waals surface area contributed by atoms with Crippen LogP contribution in [0, 0.1) is 0 Å². The van der Waals surface area contributed by atoms with Gasteiger partial charge in [-0.3, -0.25) is 9.59 Å². The summed E-state index contributed by atoms with van der Waals surface area (Å²) in [6.07, 6.45) is 5.64. The molecule has 5 nitrogen and oxygen atoms in total. The van der Waals surface area contributed by atoms with Gasteiger partial charge in [-0.2, -0.15) is 0 Å². The summed E-state index contributed by atoms with van der Waals surface area (Å²) in [5.74, 6) is 1.64. The van der Waals surface area contributed by atoms with Crippen LogP contribution in [0.1, 0.15) is 16.1 Å². The third kappa shape index (κ3) is 5.02. The molecule has 0 atom stereocenters. The zero-order chi connectivity index (χ0) is 18.2. The van der Waals surface area contributed by atoms with Crippen LogP contribution in [0.5, 0.6) is 0 Å². The van der Waals surface area contributed by atoms with Crippen molar-refractivity contribution in [2.75, 3.05) is 37.7 Å². The zero-order valence-corrected chi connectivity index (χ0v) is 15.4. The van der Waals surface area contributed by atoms with Gasteiger partial charge >= 0.3 is 0 Å². The Morgan fingerprint density at radius 1 is 1.00 bits per heavy atom. The molecule has 0 radical (unpaired) electrons. The second kappa shape index (κ2) is 9.29. The van der Waals surface area contributed by atoms with Gasteiger partial charge in [0.1, 0.15) is 0 Å². The van der Waals surface area contributed by atoms with E-state index in [-0.39, 0.29) is 11.8 Å². The van der Waals surface area contributed by atoms with Gasteiger partial charge in [-0.15, -0.1) is 11.8 Å². The molecule has 1 aliphatic heterocycles. The molecular formula is C20H22N2O3S. The first kappa shape index (κ1) is 18.3. The maximum Gasteiger partial charge on any atom is 0.289 e. The number of piperazine rings is 1. The molecule has 0 saturated carbocycles. The molecular weight excluding hydrogens is 348 g/mol. The summed E-state index contributed by atoms with van der Waals surface area (Å²) in [6.45, 7) is 2.24. The van der Waals surface area contributed by atoms with Crippen molar-refractivity contribution in [3.05, 3.63) is 66.1 Å². The highest BCUT2D eigenvalue weighted by molar-refractivity contribution is 8.00. The van der Waals surface area contributed by atoms with E-state index in [1.807, 2.05) is 23.1 Å². The number of carbonyl (C=O) groups excluding carboxylic acids is 2. The van der Waals surface area contributed by atoms with E-state index in [2.05, 4.69) is 24.3 Å². The van der Waals surface area contributed by atoms with Crippen molar-refractivity contribution in [2.24, 2.45) is 0 Å². The van der Waals surface area contributed by atoms with E-state index >= 15 is 0 Å². The molecule has 1 aromatic heterocycles. The van der Waals surface area contributed by atoms with Gasteiger partial charge in [0.25, 0.3) is 5.91 Å². The lowest BCUT2D eigenvalue weighted by atomic mass is 10.2. The van der Waals surface area contributed by atoms with Crippen molar-refractivity contribution in [1.29, 1.82) is 0 Å². The van der Waals surface area contributed by atoms with E-state index in [0.29, 0.717) is 37.7 Å². The minimum atomic E-state index is -0.109. The molecule has 0 bridgehead atoms. The van der Waals surface area contributed by atoms with Crippen molar-refractivity contribution in [3.63, 3.8) is 0 Å². The predicted octanol–water partition coefficient (Wildman–Crippen LogP) is 3.01. The maximum atomic E-state index is 12.3. The fourth-order valence-electron chi connectivity index (χ4n) is 2.77. The molecule has 0 unspecified atom stereocenters. The number of carbonyl (C=O) groups is 2. The second-order valence-electron chi connectivity index (χ2n) is 5.98. The molecule has 1 saturated heterocycles. The normalized spacial score (nSPS) is 14.8. The van der Waals surface area contributed by atoms with Crippen LogP contribution < -0.4 is 0 Å². The Labute approximate surface area is 157 Å². The van der Waals surface area contributed by atoms with Gasteiger partial charge in [0, 0.05) is 31.9 Å². The molecule has 3 rings (SSSR count). The molecule has 0 N–H and O–H groups in total. The number of benzene rings is 1. The Bertz CT molecular complexity index is 736. The summed E-state index contributed by atoms with van der Waals surface area (Å²) >= 11 is 1.61. The predicted molar refractivity (Wildman–Crippen MR) is 104 cm³/mol. The number of rotatable bonds is 6. The standard InChI is InChI=1S/C20H22N2O3S/c23-19(16-26-15-5-8-17-6-2-1-3-7-17)21-10-12-22(13-11-21)20(24)18-9-4-14-25-18/h1-9,14H,10-13,15-16H2/b8-5+. The summed E-state index contributed by atoms with van der Waals surface area (Å²) < 4.78 is 5.15. The summed E-state index contributed by atoms with van der Waals surface area (Å²) in [7, 11) is 0. The fraction of sp³-hybridized carbons (Fsp3) is 0.300. The van der Waals surface area contributed by atoms with E-state index in [0.717, 1.165) is 11.3 Å². The summed E-state index contributed by atoms with van der Waals surface area (Å²) in [4.78, 5) is 28.1. The van der Waals surface area contributed by atoms with Crippen LogP contribution in [0.4, 0.5) is 0 Å². The summed E-state index contributed by atoms with van der Waals surface area (Å²) in [5, 5.41) is 0. The third-order valence-corrected chi connectivity index (χ3v) is 5.08. The average Bonchev–Trinajstić information content (AvgIpc) is 3.23. The van der Waals surface area contributed by atoms with Crippen LogP contribution in [-0.2, 0) is 4.79 Å². The number of hydrogen-bond donors (Lipinski definition) is 0. The van der Waals surface area contributed by atoms with Gasteiger partial charge in [-0.05, 0) is 17.7 Å². The van der Waals surface area contributed by atoms with Crippen molar-refractivity contribution in [2.45, 2.75) is 0 Å². The van der Waals surface area contributed by atoms with Crippen LogP contribution in [0.3, 0.4) is 0 Å². The molecule has 2 heterocycles. The van der Waals surface area contributed by atoms with E-state index < -0.39 is 0 Å². The minimum Gasteiger partial charge on any atom is -0.459 e. The number of furan rings is 1. The van der Waals surface area contributed by atoms with Crippen molar-refractivity contribution in [1.82, 2.24) is 9.80 Å². The van der Waals surface area contributed by atoms with Crippen LogP contribution in [0.15, 0.2) is 59.2 Å². The molecule has 2 aromatic rings. The Morgan fingerprint density at radius 2 is 1.73 bits per heavy atom. The van der Waals surface area contributed by atoms with Gasteiger partial charge in [-0.25, -0.2) is 0 Å². The Morgan fingerprint density at radius 3 is 2.42 bits per heavy atom. The van der Waals surface area contributed by atoms with Crippen LogP contribution in [0.2, 0.25) is 0 Å². The largest absolute Gasteiger partial charge is 0.459 e. The monoisotopic (exact) mass is 370 g/mol. The molecule has 26 heavy (non-hydrogen) atoms. The molecule has 0 aliphatic carbocycles. The smallest absolute Gasteiger partial charge is 0.289 e. The second-order valence-corrected chi connectivity index (χ2v) is 7.01. The molecule has 6 heteroatoms. The molecule has 1 aromatic carbocycles. The lowest BCUT2D eigenvalue weighted by molar-refractivity contribution is -0.129. The van der Waals surface area contributed by atoms with Crippen LogP contribution in [-0.4, -0.2) is 59.3 Å². The highest BCUT2D eigenvalue weighted by Crippen LogP contribution is 2.11. The lowest BCUT2D eigenvalue weighted by Gasteiger charge is -2.34. The maximum absolute atomic E-state index is 12.3. The number of nitrogens with zero attached hydrogens (tertiary/aromatic N) is 2. The molecule has 0 spiro atoms. The quantitative estimate of drug-likeness (QED) is 0.734. The molecule has 1 aliphatic rings. The molecule has 136 valence electrons. The Kier molecular flexibility index (Phi) is 6.55. The summed E-state index contributed by atoms with van der Waals surface area (Å²) in [6, 6.07) is 13.5. The highest BCUT2D eigenvalue weighted by atomic mass is 32.2. The van der Waals surface area contributed by atoms with Gasteiger partial charge in [-0.1, -0.05) is 42.5 Å². The SMILES string of the molecule is O=C(CSC/C=C/c1ccccc1)N1CCN(C(=O)c2ccco2)CC1. The van der Waals surface area contributed by atoms with Gasteiger partial charge in [0.05, 0.1) is 12.0 Å². The first-order valence-electron chi connectivity index (χ1n) is 8.64.